The van der Waals surface area contributed by atoms with Crippen LogP contribution < -0.4 is 10.6 Å². The van der Waals surface area contributed by atoms with Gasteiger partial charge in [-0.15, -0.1) is 0 Å². The lowest BCUT2D eigenvalue weighted by molar-refractivity contribution is -0.127. The first-order valence-corrected chi connectivity index (χ1v) is 12.0. The molecule has 0 aromatic heterocycles. The van der Waals surface area contributed by atoms with Crippen LogP contribution in [0, 0.1) is 12.8 Å². The average molecular weight is 448 g/mol. The van der Waals surface area contributed by atoms with E-state index in [-0.39, 0.29) is 35.7 Å². The summed E-state index contributed by atoms with van der Waals surface area (Å²) < 4.78 is 0. The molecule has 2 aromatic carbocycles. The van der Waals surface area contributed by atoms with Crippen LogP contribution >= 0.6 is 0 Å². The Morgan fingerprint density at radius 3 is 2.06 bits per heavy atom. The quantitative estimate of drug-likeness (QED) is 0.734. The molecule has 0 bridgehead atoms. The lowest BCUT2D eigenvalue weighted by atomic mass is 9.88. The first kappa shape index (κ1) is 23.0. The van der Waals surface area contributed by atoms with Gasteiger partial charge in [-0.1, -0.05) is 49.2 Å². The monoisotopic (exact) mass is 447 g/mol. The van der Waals surface area contributed by atoms with Gasteiger partial charge >= 0.3 is 0 Å². The van der Waals surface area contributed by atoms with Crippen molar-refractivity contribution in [1.82, 2.24) is 15.5 Å². The second-order valence-electron chi connectivity index (χ2n) is 9.23. The molecule has 33 heavy (non-hydrogen) atoms. The maximum absolute atomic E-state index is 13.0. The molecule has 1 saturated heterocycles. The van der Waals surface area contributed by atoms with Gasteiger partial charge in [0.25, 0.3) is 11.8 Å². The molecule has 6 heteroatoms. The molecular weight excluding hydrogens is 414 g/mol. The fourth-order valence-corrected chi connectivity index (χ4v) is 4.95. The molecule has 1 heterocycles. The van der Waals surface area contributed by atoms with Crippen LogP contribution in [-0.2, 0) is 4.79 Å². The standard InChI is InChI=1S/C27H33N3O3/c1-19-9-5-6-12-22(19)27(33)30-17-15-21(16-18-30)26(32)29-24-14-8-7-13-23(24)28-25(31)20-10-3-2-4-11-20/h2-6,9-12,21,23-24H,7-8,13-18H2,1H3,(H,28,31)(H,29,32)/t23-,24-/m1/s1. The first-order valence-electron chi connectivity index (χ1n) is 12.0. The third-order valence-electron chi connectivity index (χ3n) is 6.97. The Kier molecular flexibility index (Phi) is 7.43. The molecule has 2 fully saturated rings. The third kappa shape index (κ3) is 5.62. The number of likely N-dealkylation sites (tertiary alicyclic amines) is 1. The van der Waals surface area contributed by atoms with Gasteiger partial charge in [-0.3, -0.25) is 14.4 Å². The summed E-state index contributed by atoms with van der Waals surface area (Å²) in [4.78, 5) is 40.4. The summed E-state index contributed by atoms with van der Waals surface area (Å²) in [6.45, 7) is 3.12. The van der Waals surface area contributed by atoms with Crippen LogP contribution in [0.4, 0.5) is 0 Å². The highest BCUT2D eigenvalue weighted by molar-refractivity contribution is 5.96. The molecule has 2 aromatic rings. The zero-order chi connectivity index (χ0) is 23.2. The maximum Gasteiger partial charge on any atom is 0.254 e. The number of carbonyl (C=O) groups excluding carboxylic acids is 3. The summed E-state index contributed by atoms with van der Waals surface area (Å²) >= 11 is 0. The fourth-order valence-electron chi connectivity index (χ4n) is 4.95. The Morgan fingerprint density at radius 2 is 1.39 bits per heavy atom. The molecule has 6 nitrogen and oxygen atoms in total. The van der Waals surface area contributed by atoms with Gasteiger partial charge in [-0.2, -0.15) is 0 Å². The van der Waals surface area contributed by atoms with Crippen molar-refractivity contribution in [2.75, 3.05) is 13.1 Å². The van der Waals surface area contributed by atoms with Crippen LogP contribution in [0.2, 0.25) is 0 Å². The smallest absolute Gasteiger partial charge is 0.254 e. The SMILES string of the molecule is Cc1ccccc1C(=O)N1CCC(C(=O)N[C@@H]2CCCC[C@H]2NC(=O)c2ccccc2)CC1. The van der Waals surface area contributed by atoms with Crippen LogP contribution in [0.25, 0.3) is 0 Å². The van der Waals surface area contributed by atoms with Crippen molar-refractivity contribution in [2.45, 2.75) is 57.5 Å². The molecule has 0 unspecified atom stereocenters. The van der Waals surface area contributed by atoms with Gasteiger partial charge < -0.3 is 15.5 Å². The number of nitrogens with one attached hydrogen (secondary N) is 2. The molecule has 1 aliphatic heterocycles. The Balaban J connectivity index is 1.30. The normalized spacial score (nSPS) is 21.3. The van der Waals surface area contributed by atoms with Gasteiger partial charge in [-0.05, 0) is 56.4 Å². The predicted molar refractivity (Wildman–Crippen MR) is 128 cm³/mol. The predicted octanol–water partition coefficient (Wildman–Crippen LogP) is 3.70. The number of piperidine rings is 1. The van der Waals surface area contributed by atoms with Crippen molar-refractivity contribution in [3.63, 3.8) is 0 Å². The molecule has 1 aliphatic carbocycles. The van der Waals surface area contributed by atoms with E-state index >= 15 is 0 Å². The van der Waals surface area contributed by atoms with E-state index in [4.69, 9.17) is 0 Å². The second-order valence-corrected chi connectivity index (χ2v) is 9.23. The summed E-state index contributed by atoms with van der Waals surface area (Å²) in [5.41, 5.74) is 2.35. The molecule has 2 aliphatic rings. The Labute approximate surface area is 195 Å². The fraction of sp³-hybridized carbons (Fsp3) is 0.444. The molecular formula is C27H33N3O3. The minimum atomic E-state index is -0.0988. The number of carbonyl (C=O) groups is 3. The topological polar surface area (TPSA) is 78.5 Å². The second kappa shape index (κ2) is 10.6. The van der Waals surface area contributed by atoms with Gasteiger partial charge in [0.15, 0.2) is 0 Å². The van der Waals surface area contributed by atoms with Crippen molar-refractivity contribution < 1.29 is 14.4 Å². The van der Waals surface area contributed by atoms with E-state index < -0.39 is 0 Å². The summed E-state index contributed by atoms with van der Waals surface area (Å²) in [5.74, 6) is -0.102. The van der Waals surface area contributed by atoms with Gasteiger partial charge in [0.05, 0.1) is 0 Å². The third-order valence-corrected chi connectivity index (χ3v) is 6.97. The van der Waals surface area contributed by atoms with E-state index in [0.29, 0.717) is 31.5 Å². The van der Waals surface area contributed by atoms with E-state index in [2.05, 4.69) is 10.6 Å². The van der Waals surface area contributed by atoms with Crippen LogP contribution in [0.3, 0.4) is 0 Å². The van der Waals surface area contributed by atoms with Gasteiger partial charge in [-0.25, -0.2) is 0 Å². The molecule has 0 spiro atoms. The van der Waals surface area contributed by atoms with Crippen LogP contribution in [0.5, 0.6) is 0 Å². The van der Waals surface area contributed by atoms with Crippen LogP contribution in [0.15, 0.2) is 54.6 Å². The van der Waals surface area contributed by atoms with E-state index in [0.717, 1.165) is 36.8 Å². The van der Waals surface area contributed by atoms with Crippen molar-refractivity contribution in [3.05, 3.63) is 71.3 Å². The average Bonchev–Trinajstić information content (AvgIpc) is 2.85. The summed E-state index contributed by atoms with van der Waals surface area (Å²) in [5, 5.41) is 6.36. The summed E-state index contributed by atoms with van der Waals surface area (Å²) in [6, 6.07) is 16.7. The van der Waals surface area contributed by atoms with E-state index in [1.54, 1.807) is 12.1 Å². The van der Waals surface area contributed by atoms with Crippen LogP contribution in [-0.4, -0.2) is 47.8 Å². The van der Waals surface area contributed by atoms with Crippen molar-refractivity contribution in [3.8, 4) is 0 Å². The van der Waals surface area contributed by atoms with E-state index in [1.165, 1.54) is 0 Å². The zero-order valence-electron chi connectivity index (χ0n) is 19.3. The van der Waals surface area contributed by atoms with Crippen molar-refractivity contribution >= 4 is 17.7 Å². The van der Waals surface area contributed by atoms with Crippen molar-refractivity contribution in [2.24, 2.45) is 5.92 Å². The molecule has 4 rings (SSSR count). The minimum absolute atomic E-state index is 0.0444. The number of rotatable bonds is 5. The molecule has 3 amide bonds. The molecule has 1 saturated carbocycles. The number of hydrogen-bond donors (Lipinski definition) is 2. The highest BCUT2D eigenvalue weighted by Crippen LogP contribution is 2.23. The van der Waals surface area contributed by atoms with Gasteiger partial charge in [0.2, 0.25) is 5.91 Å². The number of amides is 3. The van der Waals surface area contributed by atoms with Gasteiger partial charge in [0.1, 0.15) is 0 Å². The molecule has 0 radical (unpaired) electrons. The van der Waals surface area contributed by atoms with Crippen molar-refractivity contribution in [1.29, 1.82) is 0 Å². The number of hydrogen-bond acceptors (Lipinski definition) is 3. The highest BCUT2D eigenvalue weighted by atomic mass is 16.2. The van der Waals surface area contributed by atoms with Crippen LogP contribution in [0.1, 0.15) is 64.8 Å². The zero-order valence-corrected chi connectivity index (χ0v) is 19.3. The van der Waals surface area contributed by atoms with E-state index in [1.807, 2.05) is 54.3 Å². The Morgan fingerprint density at radius 1 is 0.788 bits per heavy atom. The lowest BCUT2D eigenvalue weighted by Gasteiger charge is -2.36. The number of aryl methyl sites for hydroxylation is 1. The Bertz CT molecular complexity index is 983. The first-order chi connectivity index (χ1) is 16.0. The highest BCUT2D eigenvalue weighted by Gasteiger charge is 2.32. The summed E-state index contributed by atoms with van der Waals surface area (Å²) in [6.07, 6.45) is 5.16. The summed E-state index contributed by atoms with van der Waals surface area (Å²) in [7, 11) is 0. The minimum Gasteiger partial charge on any atom is -0.351 e. The largest absolute Gasteiger partial charge is 0.351 e. The Hall–Kier alpha value is -3.15. The number of nitrogens with zero attached hydrogens (tertiary/aromatic N) is 1. The lowest BCUT2D eigenvalue weighted by Crippen LogP contribution is -2.55. The van der Waals surface area contributed by atoms with Gasteiger partial charge in [0, 0.05) is 42.2 Å². The number of benzene rings is 2. The molecule has 2 N–H and O–H groups in total. The molecule has 174 valence electrons. The van der Waals surface area contributed by atoms with E-state index in [9.17, 15) is 14.4 Å². The molecule has 2 atom stereocenters. The maximum atomic E-state index is 13.0.